The maximum Gasteiger partial charge on any atom is 0.0346 e. The van der Waals surface area contributed by atoms with Crippen LogP contribution in [-0.4, -0.2) is 0 Å². The van der Waals surface area contributed by atoms with Gasteiger partial charge in [-0.1, -0.05) is 61.0 Å². The molecule has 1 aliphatic rings. The molecule has 0 saturated carbocycles. The minimum atomic E-state index is 0.879. The van der Waals surface area contributed by atoms with E-state index in [9.17, 15) is 0 Å². The second-order valence-corrected chi connectivity index (χ2v) is 9.18. The molecule has 3 rings (SSSR count). The molecule has 2 aromatic rings. The van der Waals surface area contributed by atoms with Crippen molar-refractivity contribution in [3.8, 4) is 0 Å². The number of nitrogen functional groups attached to an aromatic ring is 1. The molecule has 0 spiro atoms. The topological polar surface area (TPSA) is 26.0 Å². The summed E-state index contributed by atoms with van der Waals surface area (Å²) in [6.07, 6.45) is 8.79. The van der Waals surface area contributed by atoms with Crippen molar-refractivity contribution in [1.29, 1.82) is 0 Å². The summed E-state index contributed by atoms with van der Waals surface area (Å²) in [7, 11) is 0. The minimum Gasteiger partial charge on any atom is -0.399 e. The smallest absolute Gasteiger partial charge is 0.0346 e. The molecule has 0 fully saturated rings. The van der Waals surface area contributed by atoms with Gasteiger partial charge in [-0.3, -0.25) is 0 Å². The molecule has 0 radical (unpaired) electrons. The standard InChI is InChI=1S/C26H33NS/c1-18(13-25-14-20(3)26(27)15-19(25)2)17-28-21(4)23-12-11-22-9-7-5-6-8-10-24(22)16-23/h11-12,14-17H,4-10,13,27H2,1-3H3/b18-17+. The van der Waals surface area contributed by atoms with Gasteiger partial charge in [0.25, 0.3) is 0 Å². The molecule has 0 aliphatic heterocycles. The summed E-state index contributed by atoms with van der Waals surface area (Å²) in [5.74, 6) is 0. The Morgan fingerprint density at radius 2 is 1.71 bits per heavy atom. The fourth-order valence-electron chi connectivity index (χ4n) is 3.93. The van der Waals surface area contributed by atoms with E-state index in [1.165, 1.54) is 66.4 Å². The molecule has 0 aromatic heterocycles. The third-order valence-electron chi connectivity index (χ3n) is 5.77. The van der Waals surface area contributed by atoms with E-state index in [4.69, 9.17) is 5.73 Å². The highest BCUT2D eigenvalue weighted by molar-refractivity contribution is 8.10. The van der Waals surface area contributed by atoms with Crippen LogP contribution in [0, 0.1) is 13.8 Å². The molecule has 0 amide bonds. The summed E-state index contributed by atoms with van der Waals surface area (Å²) in [5.41, 5.74) is 16.4. The number of fused-ring (bicyclic) bond motifs is 1. The molecule has 0 saturated heterocycles. The zero-order valence-electron chi connectivity index (χ0n) is 17.6. The van der Waals surface area contributed by atoms with Crippen LogP contribution in [0.2, 0.25) is 0 Å². The molecular weight excluding hydrogens is 358 g/mol. The summed E-state index contributed by atoms with van der Waals surface area (Å²) in [6.45, 7) is 10.8. The largest absolute Gasteiger partial charge is 0.399 e. The van der Waals surface area contributed by atoms with E-state index in [2.05, 4.69) is 63.1 Å². The van der Waals surface area contributed by atoms with Gasteiger partial charge in [-0.15, -0.1) is 0 Å². The molecule has 2 aromatic carbocycles. The average molecular weight is 392 g/mol. The first-order valence-corrected chi connectivity index (χ1v) is 11.3. The zero-order valence-corrected chi connectivity index (χ0v) is 18.4. The van der Waals surface area contributed by atoms with Crippen molar-refractivity contribution in [3.05, 3.63) is 81.3 Å². The Kier molecular flexibility index (Phi) is 7.07. The second-order valence-electron chi connectivity index (χ2n) is 8.21. The number of thioether (sulfide) groups is 1. The normalized spacial score (nSPS) is 14.9. The van der Waals surface area contributed by atoms with Crippen LogP contribution in [0.1, 0.15) is 66.0 Å². The first kappa shape index (κ1) is 20.8. The maximum absolute atomic E-state index is 6.02. The summed E-state index contributed by atoms with van der Waals surface area (Å²) in [5, 5.41) is 2.25. The monoisotopic (exact) mass is 391 g/mol. The van der Waals surface area contributed by atoms with Gasteiger partial charge in [0, 0.05) is 10.6 Å². The van der Waals surface area contributed by atoms with Crippen LogP contribution >= 0.6 is 11.8 Å². The van der Waals surface area contributed by atoms with E-state index >= 15 is 0 Å². The van der Waals surface area contributed by atoms with Crippen LogP contribution in [0.5, 0.6) is 0 Å². The molecular formula is C26H33NS. The predicted octanol–water partition coefficient (Wildman–Crippen LogP) is 7.40. The van der Waals surface area contributed by atoms with E-state index in [1.54, 1.807) is 17.3 Å². The first-order chi connectivity index (χ1) is 13.4. The average Bonchev–Trinajstić information content (AvgIpc) is 2.64. The fourth-order valence-corrected chi connectivity index (χ4v) is 4.62. The number of nitrogens with two attached hydrogens (primary N) is 1. The Balaban J connectivity index is 1.67. The van der Waals surface area contributed by atoms with Gasteiger partial charge in [-0.05, 0) is 97.7 Å². The van der Waals surface area contributed by atoms with E-state index < -0.39 is 0 Å². The quantitative estimate of drug-likeness (QED) is 0.537. The number of allylic oxidation sites excluding steroid dienone is 1. The number of aryl methyl sites for hydroxylation is 4. The van der Waals surface area contributed by atoms with Gasteiger partial charge < -0.3 is 5.73 Å². The van der Waals surface area contributed by atoms with Crippen molar-refractivity contribution >= 4 is 22.4 Å². The molecule has 1 nitrogen and oxygen atoms in total. The molecule has 1 aliphatic carbocycles. The lowest BCUT2D eigenvalue weighted by molar-refractivity contribution is 0.617. The molecule has 0 bridgehead atoms. The third-order valence-corrected chi connectivity index (χ3v) is 6.81. The van der Waals surface area contributed by atoms with Gasteiger partial charge in [0.15, 0.2) is 0 Å². The Labute approximate surface area is 175 Å². The number of hydrogen-bond donors (Lipinski definition) is 1. The summed E-state index contributed by atoms with van der Waals surface area (Å²) < 4.78 is 0. The van der Waals surface area contributed by atoms with E-state index in [1.807, 2.05) is 0 Å². The van der Waals surface area contributed by atoms with Gasteiger partial charge in [0.1, 0.15) is 0 Å². The number of rotatable bonds is 5. The number of anilines is 1. The molecule has 2 heteroatoms. The number of hydrogen-bond acceptors (Lipinski definition) is 2. The van der Waals surface area contributed by atoms with Crippen molar-refractivity contribution in [3.63, 3.8) is 0 Å². The van der Waals surface area contributed by atoms with Crippen LogP contribution < -0.4 is 5.73 Å². The third kappa shape index (κ3) is 5.32. The van der Waals surface area contributed by atoms with E-state index in [0.29, 0.717) is 0 Å². The predicted molar refractivity (Wildman–Crippen MR) is 127 cm³/mol. The summed E-state index contributed by atoms with van der Waals surface area (Å²) in [4.78, 5) is 1.13. The molecule has 0 atom stereocenters. The van der Waals surface area contributed by atoms with Gasteiger partial charge in [-0.2, -0.15) is 0 Å². The highest BCUT2D eigenvalue weighted by Crippen LogP contribution is 2.31. The van der Waals surface area contributed by atoms with Crippen LogP contribution in [0.3, 0.4) is 0 Å². The van der Waals surface area contributed by atoms with Gasteiger partial charge in [-0.25, -0.2) is 0 Å². The summed E-state index contributed by atoms with van der Waals surface area (Å²) >= 11 is 1.75. The Morgan fingerprint density at radius 1 is 1.00 bits per heavy atom. The van der Waals surface area contributed by atoms with Crippen LogP contribution in [0.4, 0.5) is 5.69 Å². The van der Waals surface area contributed by atoms with Crippen LogP contribution in [-0.2, 0) is 19.3 Å². The van der Waals surface area contributed by atoms with Crippen molar-refractivity contribution in [2.24, 2.45) is 0 Å². The SMILES string of the molecule is C=C(S/C=C(\C)Cc1cc(C)c(N)cc1C)c1ccc2c(c1)CCCCCC2. The minimum absolute atomic E-state index is 0.879. The lowest BCUT2D eigenvalue weighted by Crippen LogP contribution is -2.00. The fraction of sp³-hybridized carbons (Fsp3) is 0.385. The van der Waals surface area contributed by atoms with Crippen LogP contribution in [0.15, 0.2) is 47.9 Å². The molecule has 28 heavy (non-hydrogen) atoms. The highest BCUT2D eigenvalue weighted by Gasteiger charge is 2.09. The summed E-state index contributed by atoms with van der Waals surface area (Å²) in [6, 6.07) is 11.3. The van der Waals surface area contributed by atoms with Crippen molar-refractivity contribution < 1.29 is 0 Å². The number of benzene rings is 2. The maximum atomic E-state index is 6.02. The zero-order chi connectivity index (χ0) is 20.1. The highest BCUT2D eigenvalue weighted by atomic mass is 32.2. The molecule has 0 unspecified atom stereocenters. The lowest BCUT2D eigenvalue weighted by Gasteiger charge is -2.15. The van der Waals surface area contributed by atoms with E-state index in [0.717, 1.165) is 22.6 Å². The Bertz CT molecular complexity index is 892. The second kappa shape index (κ2) is 9.52. The molecule has 148 valence electrons. The van der Waals surface area contributed by atoms with Crippen molar-refractivity contribution in [2.75, 3.05) is 5.73 Å². The van der Waals surface area contributed by atoms with Gasteiger partial charge >= 0.3 is 0 Å². The van der Waals surface area contributed by atoms with Gasteiger partial charge in [0.05, 0.1) is 0 Å². The van der Waals surface area contributed by atoms with Crippen molar-refractivity contribution in [1.82, 2.24) is 0 Å². The Morgan fingerprint density at radius 3 is 2.46 bits per heavy atom. The molecule has 0 heterocycles. The van der Waals surface area contributed by atoms with Crippen molar-refractivity contribution in [2.45, 2.75) is 65.7 Å². The molecule has 2 N–H and O–H groups in total. The van der Waals surface area contributed by atoms with E-state index in [-0.39, 0.29) is 0 Å². The van der Waals surface area contributed by atoms with Crippen LogP contribution in [0.25, 0.3) is 4.91 Å². The lowest BCUT2D eigenvalue weighted by atomic mass is 9.92. The first-order valence-electron chi connectivity index (χ1n) is 10.4. The van der Waals surface area contributed by atoms with Gasteiger partial charge in [0.2, 0.25) is 0 Å². The Hall–Kier alpha value is -1.93.